The summed E-state index contributed by atoms with van der Waals surface area (Å²) in [5.41, 5.74) is 1.28. The maximum atomic E-state index is 12.5. The van der Waals surface area contributed by atoms with Gasteiger partial charge in [0.05, 0.1) is 23.4 Å². The number of hydrogen-bond acceptors (Lipinski definition) is 5. The molecule has 1 atom stereocenters. The lowest BCUT2D eigenvalue weighted by Gasteiger charge is -2.26. The Bertz CT molecular complexity index is 652. The van der Waals surface area contributed by atoms with E-state index in [0.29, 0.717) is 12.1 Å². The Labute approximate surface area is 144 Å². The van der Waals surface area contributed by atoms with Crippen molar-refractivity contribution in [2.24, 2.45) is 0 Å². The zero-order chi connectivity index (χ0) is 17.7. The van der Waals surface area contributed by atoms with E-state index in [9.17, 15) is 13.2 Å². The molecule has 24 heavy (non-hydrogen) atoms. The quantitative estimate of drug-likeness (QED) is 0.749. The average molecular weight is 353 g/mol. The molecule has 0 saturated carbocycles. The summed E-state index contributed by atoms with van der Waals surface area (Å²) < 4.78 is 23.3. The number of amides is 1. The predicted octanol–water partition coefficient (Wildman–Crippen LogP) is 1.97. The molecule has 1 aliphatic heterocycles. The second kappa shape index (κ2) is 7.96. The van der Waals surface area contributed by atoms with Crippen molar-refractivity contribution >= 4 is 21.4 Å². The predicted molar refractivity (Wildman–Crippen MR) is 96.2 cm³/mol. The van der Waals surface area contributed by atoms with Gasteiger partial charge in [-0.2, -0.15) is 0 Å². The Morgan fingerprint density at radius 3 is 2.38 bits per heavy atom. The molecule has 1 amide bonds. The van der Waals surface area contributed by atoms with Crippen molar-refractivity contribution in [3.05, 3.63) is 24.0 Å². The summed E-state index contributed by atoms with van der Waals surface area (Å²) in [6.07, 6.45) is 4.14. The van der Waals surface area contributed by atoms with Gasteiger partial charge in [-0.15, -0.1) is 0 Å². The Hall–Kier alpha value is -1.63. The first kappa shape index (κ1) is 18.7. The standard InChI is InChI=1S/C17H27N3O3S/c1-4-9-20(10-5-2)17(21)16-7-6-14(12-18-16)19(3)15-8-11-24(22,23)13-15/h6-7,12,15H,4-5,8-11,13H2,1-3H3. The fraction of sp³-hybridized carbons (Fsp3) is 0.647. The van der Waals surface area contributed by atoms with Crippen molar-refractivity contribution in [2.45, 2.75) is 39.2 Å². The molecule has 1 unspecified atom stereocenters. The molecule has 0 aliphatic carbocycles. The van der Waals surface area contributed by atoms with Gasteiger partial charge in [-0.25, -0.2) is 13.4 Å². The Kier molecular flexibility index (Phi) is 6.21. The molecule has 1 fully saturated rings. The smallest absolute Gasteiger partial charge is 0.272 e. The molecular formula is C17H27N3O3S. The Morgan fingerprint density at radius 2 is 1.92 bits per heavy atom. The first-order chi connectivity index (χ1) is 11.4. The third-order valence-electron chi connectivity index (χ3n) is 4.40. The maximum Gasteiger partial charge on any atom is 0.272 e. The molecule has 2 heterocycles. The largest absolute Gasteiger partial charge is 0.369 e. The van der Waals surface area contributed by atoms with Gasteiger partial charge in [0, 0.05) is 26.2 Å². The molecule has 134 valence electrons. The summed E-state index contributed by atoms with van der Waals surface area (Å²) in [7, 11) is -1.04. The zero-order valence-electron chi connectivity index (χ0n) is 14.7. The maximum absolute atomic E-state index is 12.5. The number of pyridine rings is 1. The zero-order valence-corrected chi connectivity index (χ0v) is 15.6. The second-order valence-corrected chi connectivity index (χ2v) is 8.59. The van der Waals surface area contributed by atoms with Crippen molar-refractivity contribution in [1.82, 2.24) is 9.88 Å². The normalized spacial score (nSPS) is 19.2. The van der Waals surface area contributed by atoms with Crippen LogP contribution in [0.25, 0.3) is 0 Å². The van der Waals surface area contributed by atoms with Crippen LogP contribution in [0.3, 0.4) is 0 Å². The summed E-state index contributed by atoms with van der Waals surface area (Å²) in [4.78, 5) is 20.6. The minimum absolute atomic E-state index is 0.0185. The van der Waals surface area contributed by atoms with Crippen LogP contribution in [0.4, 0.5) is 5.69 Å². The van der Waals surface area contributed by atoms with Crippen LogP contribution in [0.2, 0.25) is 0 Å². The first-order valence-electron chi connectivity index (χ1n) is 8.56. The van der Waals surface area contributed by atoms with E-state index >= 15 is 0 Å². The third kappa shape index (κ3) is 4.47. The van der Waals surface area contributed by atoms with E-state index in [1.807, 2.05) is 22.9 Å². The fourth-order valence-electron chi connectivity index (χ4n) is 3.03. The highest BCUT2D eigenvalue weighted by Crippen LogP contribution is 2.22. The Morgan fingerprint density at radius 1 is 1.25 bits per heavy atom. The molecule has 0 aromatic carbocycles. The van der Waals surface area contributed by atoms with E-state index in [1.54, 1.807) is 12.3 Å². The van der Waals surface area contributed by atoms with Crippen LogP contribution in [-0.4, -0.2) is 61.9 Å². The van der Waals surface area contributed by atoms with Gasteiger partial charge in [0.25, 0.3) is 5.91 Å². The van der Waals surface area contributed by atoms with Crippen LogP contribution in [-0.2, 0) is 9.84 Å². The van der Waals surface area contributed by atoms with Crippen molar-refractivity contribution in [1.29, 1.82) is 0 Å². The van der Waals surface area contributed by atoms with Gasteiger partial charge in [-0.3, -0.25) is 4.79 Å². The fourth-order valence-corrected chi connectivity index (χ4v) is 4.80. The van der Waals surface area contributed by atoms with E-state index in [2.05, 4.69) is 18.8 Å². The van der Waals surface area contributed by atoms with E-state index in [4.69, 9.17) is 0 Å². The van der Waals surface area contributed by atoms with Gasteiger partial charge in [-0.1, -0.05) is 13.8 Å². The topological polar surface area (TPSA) is 70.6 Å². The molecule has 0 spiro atoms. The van der Waals surface area contributed by atoms with Crippen molar-refractivity contribution in [3.8, 4) is 0 Å². The summed E-state index contributed by atoms with van der Waals surface area (Å²) in [5.74, 6) is 0.385. The molecule has 0 radical (unpaired) electrons. The Balaban J connectivity index is 2.08. The van der Waals surface area contributed by atoms with Gasteiger partial charge in [0.15, 0.2) is 9.84 Å². The second-order valence-electron chi connectivity index (χ2n) is 6.36. The minimum atomic E-state index is -2.92. The van der Waals surface area contributed by atoms with Crippen LogP contribution in [0.5, 0.6) is 0 Å². The van der Waals surface area contributed by atoms with Gasteiger partial charge in [-0.05, 0) is 31.4 Å². The molecule has 6 nitrogen and oxygen atoms in total. The summed E-state index contributed by atoms with van der Waals surface area (Å²) in [6.45, 7) is 5.57. The highest BCUT2D eigenvalue weighted by molar-refractivity contribution is 7.91. The summed E-state index contributed by atoms with van der Waals surface area (Å²) in [6, 6.07) is 3.56. The van der Waals surface area contributed by atoms with E-state index in [0.717, 1.165) is 31.6 Å². The van der Waals surface area contributed by atoms with Crippen LogP contribution in [0.1, 0.15) is 43.6 Å². The molecule has 1 saturated heterocycles. The lowest BCUT2D eigenvalue weighted by atomic mass is 10.2. The third-order valence-corrected chi connectivity index (χ3v) is 6.15. The highest BCUT2D eigenvalue weighted by Gasteiger charge is 2.31. The molecule has 7 heteroatoms. The van der Waals surface area contributed by atoms with Gasteiger partial charge in [0.1, 0.15) is 5.69 Å². The van der Waals surface area contributed by atoms with Crippen LogP contribution >= 0.6 is 0 Å². The number of carbonyl (C=O) groups is 1. The lowest BCUT2D eigenvalue weighted by molar-refractivity contribution is 0.0749. The van der Waals surface area contributed by atoms with E-state index in [1.165, 1.54) is 0 Å². The molecule has 0 bridgehead atoms. The summed E-state index contributed by atoms with van der Waals surface area (Å²) in [5, 5.41) is 0. The van der Waals surface area contributed by atoms with Crippen LogP contribution in [0.15, 0.2) is 18.3 Å². The van der Waals surface area contributed by atoms with Crippen LogP contribution in [0, 0.1) is 0 Å². The lowest BCUT2D eigenvalue weighted by Crippen LogP contribution is -2.34. The van der Waals surface area contributed by atoms with Gasteiger partial charge in [0.2, 0.25) is 0 Å². The van der Waals surface area contributed by atoms with E-state index in [-0.39, 0.29) is 23.5 Å². The number of sulfone groups is 1. The molecule has 1 aliphatic rings. The van der Waals surface area contributed by atoms with Crippen molar-refractivity contribution in [3.63, 3.8) is 0 Å². The van der Waals surface area contributed by atoms with Crippen molar-refractivity contribution in [2.75, 3.05) is 36.5 Å². The number of carbonyl (C=O) groups excluding carboxylic acids is 1. The SMILES string of the molecule is CCCN(CCC)C(=O)c1ccc(N(C)C2CCS(=O)(=O)C2)cn1. The van der Waals surface area contributed by atoms with Crippen LogP contribution < -0.4 is 4.90 Å². The molecule has 2 rings (SSSR count). The minimum Gasteiger partial charge on any atom is -0.369 e. The molecule has 1 aromatic rings. The molecular weight excluding hydrogens is 326 g/mol. The number of rotatable bonds is 7. The monoisotopic (exact) mass is 353 g/mol. The average Bonchev–Trinajstić information content (AvgIpc) is 2.93. The molecule has 1 aromatic heterocycles. The number of anilines is 1. The number of hydrogen-bond donors (Lipinski definition) is 0. The van der Waals surface area contributed by atoms with E-state index < -0.39 is 9.84 Å². The first-order valence-corrected chi connectivity index (χ1v) is 10.4. The number of nitrogens with zero attached hydrogens (tertiary/aromatic N) is 3. The van der Waals surface area contributed by atoms with Gasteiger partial charge < -0.3 is 9.80 Å². The highest BCUT2D eigenvalue weighted by atomic mass is 32.2. The van der Waals surface area contributed by atoms with Gasteiger partial charge >= 0.3 is 0 Å². The van der Waals surface area contributed by atoms with Crippen molar-refractivity contribution < 1.29 is 13.2 Å². The molecule has 0 N–H and O–H groups in total. The summed E-state index contributed by atoms with van der Waals surface area (Å²) >= 11 is 0. The number of aromatic nitrogens is 1.